The highest BCUT2D eigenvalue weighted by Crippen LogP contribution is 2.28. The van der Waals surface area contributed by atoms with Crippen molar-refractivity contribution in [2.45, 2.75) is 65.8 Å². The van der Waals surface area contributed by atoms with Gasteiger partial charge in [0.1, 0.15) is 6.54 Å². The third-order valence-electron chi connectivity index (χ3n) is 7.01. The molecule has 2 amide bonds. The van der Waals surface area contributed by atoms with Crippen molar-refractivity contribution in [2.75, 3.05) is 33.9 Å². The van der Waals surface area contributed by atoms with Crippen molar-refractivity contribution in [3.8, 4) is 11.5 Å². The number of aryl methyl sites for hydroxylation is 1. The number of benzene rings is 2. The van der Waals surface area contributed by atoms with Gasteiger partial charge in [0.2, 0.25) is 5.91 Å². The first-order valence-corrected chi connectivity index (χ1v) is 14.8. The average molecular weight is 565 g/mol. The van der Waals surface area contributed by atoms with E-state index in [9.17, 15) is 9.59 Å². The van der Waals surface area contributed by atoms with Crippen LogP contribution in [0.15, 0.2) is 54.6 Å². The Bertz CT molecular complexity index is 1260. The van der Waals surface area contributed by atoms with Gasteiger partial charge in [-0.25, -0.2) is 0 Å². The number of methoxy groups -OCH3 is 2. The van der Waals surface area contributed by atoms with Crippen molar-refractivity contribution in [1.82, 2.24) is 9.80 Å². The van der Waals surface area contributed by atoms with E-state index in [1.807, 2.05) is 47.4 Å². The molecule has 0 aliphatic heterocycles. The molecule has 0 atom stereocenters. The average Bonchev–Trinajstić information content (AvgIpc) is 3.36. The van der Waals surface area contributed by atoms with Gasteiger partial charge in [-0.1, -0.05) is 52.3 Å². The molecule has 0 aliphatic rings. The second-order valence-electron chi connectivity index (χ2n) is 11.2. The monoisotopic (exact) mass is 564 g/mol. The Morgan fingerprint density at radius 2 is 1.57 bits per heavy atom. The van der Waals surface area contributed by atoms with E-state index >= 15 is 0 Å². The van der Waals surface area contributed by atoms with E-state index in [0.29, 0.717) is 43.1 Å². The van der Waals surface area contributed by atoms with Crippen molar-refractivity contribution < 1.29 is 19.1 Å². The number of thiophene rings is 1. The van der Waals surface area contributed by atoms with Crippen LogP contribution in [0, 0.1) is 6.92 Å². The predicted molar refractivity (Wildman–Crippen MR) is 164 cm³/mol. The molecule has 0 spiro atoms. The van der Waals surface area contributed by atoms with Crippen LogP contribution in [0.25, 0.3) is 0 Å². The highest BCUT2D eigenvalue weighted by Gasteiger charge is 2.23. The molecule has 216 valence electrons. The number of hydrogen-bond acceptors (Lipinski definition) is 5. The molecule has 0 radical (unpaired) electrons. The third-order valence-corrected chi connectivity index (χ3v) is 7.99. The van der Waals surface area contributed by atoms with Crippen molar-refractivity contribution >= 4 is 23.2 Å². The first-order valence-electron chi connectivity index (χ1n) is 14.0. The summed E-state index contributed by atoms with van der Waals surface area (Å²) in [5, 5.41) is 0. The van der Waals surface area contributed by atoms with Crippen LogP contribution in [0.5, 0.6) is 11.5 Å². The zero-order valence-electron chi connectivity index (χ0n) is 25.1. The smallest absolute Gasteiger partial charge is 0.254 e. The zero-order valence-corrected chi connectivity index (χ0v) is 25.9. The molecule has 40 heavy (non-hydrogen) atoms. The van der Waals surface area contributed by atoms with Crippen molar-refractivity contribution in [1.29, 1.82) is 0 Å². The van der Waals surface area contributed by atoms with E-state index in [1.165, 1.54) is 10.4 Å². The number of hydrogen-bond donors (Lipinski definition) is 0. The maximum atomic E-state index is 13.8. The molecule has 0 unspecified atom stereocenters. The predicted octanol–water partition coefficient (Wildman–Crippen LogP) is 6.89. The van der Waals surface area contributed by atoms with Gasteiger partial charge in [-0.15, -0.1) is 11.3 Å². The molecule has 0 bridgehead atoms. The normalized spacial score (nSPS) is 11.3. The molecule has 0 saturated heterocycles. The van der Waals surface area contributed by atoms with Gasteiger partial charge in [-0.3, -0.25) is 9.59 Å². The van der Waals surface area contributed by atoms with Crippen molar-refractivity contribution in [3.63, 3.8) is 0 Å². The van der Waals surface area contributed by atoms with Crippen molar-refractivity contribution in [3.05, 3.63) is 81.0 Å². The summed E-state index contributed by atoms with van der Waals surface area (Å²) in [5.74, 6) is 1.19. The molecule has 6 nitrogen and oxygen atoms in total. The fourth-order valence-corrected chi connectivity index (χ4v) is 5.42. The lowest BCUT2D eigenvalue weighted by Gasteiger charge is -2.28. The van der Waals surface area contributed by atoms with E-state index in [-0.39, 0.29) is 23.8 Å². The molecule has 0 fully saturated rings. The number of carbonyl (C=O) groups is 2. The van der Waals surface area contributed by atoms with Crippen LogP contribution in [-0.4, -0.2) is 55.5 Å². The van der Waals surface area contributed by atoms with Crippen LogP contribution in [0.1, 0.15) is 71.8 Å². The molecule has 0 N–H and O–H groups in total. The molecule has 1 aromatic heterocycles. The van der Waals surface area contributed by atoms with Crippen LogP contribution in [0.3, 0.4) is 0 Å². The Morgan fingerprint density at radius 1 is 0.875 bits per heavy atom. The van der Waals surface area contributed by atoms with Crippen LogP contribution in [-0.2, 0) is 23.2 Å². The molecular weight excluding hydrogens is 520 g/mol. The quantitative estimate of drug-likeness (QED) is 0.227. The summed E-state index contributed by atoms with van der Waals surface area (Å²) in [6, 6.07) is 17.8. The molecule has 0 saturated carbocycles. The number of unbranched alkanes of at least 4 members (excludes halogenated alkanes) is 1. The SMILES string of the molecule is CCCCN(CC(=O)N(CCc1ccc(OC)c(OC)c1)Cc1ccc(C)s1)C(=O)c1ccc(C(C)(C)C)cc1. The largest absolute Gasteiger partial charge is 0.493 e. The molecule has 1 heterocycles. The Morgan fingerprint density at radius 3 is 2.15 bits per heavy atom. The maximum Gasteiger partial charge on any atom is 0.254 e. The van der Waals surface area contributed by atoms with Gasteiger partial charge in [0.05, 0.1) is 20.8 Å². The Kier molecular flexibility index (Phi) is 11.2. The third kappa shape index (κ3) is 8.59. The summed E-state index contributed by atoms with van der Waals surface area (Å²) in [7, 11) is 3.24. The van der Waals surface area contributed by atoms with Crippen LogP contribution in [0.4, 0.5) is 0 Å². The Hall–Kier alpha value is -3.32. The molecule has 0 aliphatic carbocycles. The van der Waals surface area contributed by atoms with Crippen LogP contribution >= 0.6 is 11.3 Å². The minimum Gasteiger partial charge on any atom is -0.493 e. The van der Waals surface area contributed by atoms with Crippen LogP contribution < -0.4 is 9.47 Å². The summed E-state index contributed by atoms with van der Waals surface area (Å²) in [4.78, 5) is 33.3. The lowest BCUT2D eigenvalue weighted by atomic mass is 9.86. The van der Waals surface area contributed by atoms with Gasteiger partial charge >= 0.3 is 0 Å². The highest BCUT2D eigenvalue weighted by atomic mass is 32.1. The first-order chi connectivity index (χ1) is 19.0. The van der Waals surface area contributed by atoms with E-state index in [2.05, 4.69) is 46.8 Å². The van der Waals surface area contributed by atoms with E-state index in [1.54, 1.807) is 30.5 Å². The topological polar surface area (TPSA) is 59.1 Å². The molecule has 3 rings (SSSR count). The Labute approximate surface area is 243 Å². The van der Waals surface area contributed by atoms with Gasteiger partial charge < -0.3 is 19.3 Å². The van der Waals surface area contributed by atoms with E-state index in [0.717, 1.165) is 23.3 Å². The molecule has 3 aromatic rings. The Balaban J connectivity index is 1.80. The van der Waals surface area contributed by atoms with E-state index < -0.39 is 0 Å². The summed E-state index contributed by atoms with van der Waals surface area (Å²) >= 11 is 1.69. The number of ether oxygens (including phenoxy) is 2. The zero-order chi connectivity index (χ0) is 29.3. The summed E-state index contributed by atoms with van der Waals surface area (Å²) in [6.45, 7) is 12.3. The lowest BCUT2D eigenvalue weighted by Crippen LogP contribution is -2.43. The fraction of sp³-hybridized carbons (Fsp3) is 0.455. The highest BCUT2D eigenvalue weighted by molar-refractivity contribution is 7.11. The molecule has 7 heteroatoms. The van der Waals surface area contributed by atoms with Gasteiger partial charge in [-0.05, 0) is 72.7 Å². The standard InChI is InChI=1S/C33H44N2O4S/c1-8-9-19-35(32(37)26-12-14-27(15-13-26)33(3,4)5)23-31(36)34(22-28-16-10-24(2)40-28)20-18-25-11-17-29(38-6)30(21-25)39-7/h10-17,21H,8-9,18-20,22-23H2,1-7H3. The van der Waals surface area contributed by atoms with Gasteiger partial charge in [0.15, 0.2) is 11.5 Å². The van der Waals surface area contributed by atoms with E-state index in [4.69, 9.17) is 9.47 Å². The maximum absolute atomic E-state index is 13.8. The minimum atomic E-state index is -0.103. The fourth-order valence-electron chi connectivity index (χ4n) is 4.51. The van der Waals surface area contributed by atoms with Gasteiger partial charge in [0, 0.05) is 28.4 Å². The lowest BCUT2D eigenvalue weighted by molar-refractivity contribution is -0.132. The van der Waals surface area contributed by atoms with Crippen molar-refractivity contribution in [2.24, 2.45) is 0 Å². The minimum absolute atomic E-state index is 0.00793. The molecule has 2 aromatic carbocycles. The number of carbonyl (C=O) groups excluding carboxylic acids is 2. The number of nitrogens with zero attached hydrogens (tertiary/aromatic N) is 2. The first kappa shape index (κ1) is 31.2. The van der Waals surface area contributed by atoms with Gasteiger partial charge in [0.25, 0.3) is 5.91 Å². The molecular formula is C33H44N2O4S. The second-order valence-corrected chi connectivity index (χ2v) is 12.5. The summed E-state index contributed by atoms with van der Waals surface area (Å²) < 4.78 is 10.8. The second kappa shape index (κ2) is 14.4. The van der Waals surface area contributed by atoms with Crippen LogP contribution in [0.2, 0.25) is 0 Å². The van der Waals surface area contributed by atoms with Gasteiger partial charge in [-0.2, -0.15) is 0 Å². The number of amides is 2. The summed E-state index contributed by atoms with van der Waals surface area (Å²) in [6.07, 6.45) is 2.45. The summed E-state index contributed by atoms with van der Waals surface area (Å²) in [5.41, 5.74) is 2.85. The number of rotatable bonds is 13.